The maximum Gasteiger partial charge on any atom is 0.259 e. The van der Waals surface area contributed by atoms with E-state index in [4.69, 9.17) is 20.8 Å². The van der Waals surface area contributed by atoms with Crippen LogP contribution in [0.25, 0.3) is 0 Å². The Labute approximate surface area is 150 Å². The fourth-order valence-electron chi connectivity index (χ4n) is 2.52. The Kier molecular flexibility index (Phi) is 5.14. The van der Waals surface area contributed by atoms with Crippen LogP contribution in [-0.4, -0.2) is 44.9 Å². The van der Waals surface area contributed by atoms with Crippen molar-refractivity contribution >= 4 is 33.2 Å². The van der Waals surface area contributed by atoms with Gasteiger partial charge in [-0.1, -0.05) is 11.6 Å². The van der Waals surface area contributed by atoms with Gasteiger partial charge < -0.3 is 14.5 Å². The zero-order chi connectivity index (χ0) is 18.0. The molecule has 0 spiro atoms. The van der Waals surface area contributed by atoms with E-state index in [9.17, 15) is 13.2 Å². The molecular weight excluding hydrogens is 368 g/mol. The van der Waals surface area contributed by atoms with Crippen LogP contribution in [0.3, 0.4) is 0 Å². The molecule has 9 heteroatoms. The maximum absolute atomic E-state index is 12.8. The van der Waals surface area contributed by atoms with Crippen LogP contribution >= 0.6 is 11.6 Å². The topological polar surface area (TPSA) is 88.8 Å². The molecule has 0 atom stereocenters. The van der Waals surface area contributed by atoms with Crippen molar-refractivity contribution in [3.05, 3.63) is 46.9 Å². The molecule has 2 heterocycles. The van der Waals surface area contributed by atoms with Crippen molar-refractivity contribution in [2.75, 3.05) is 31.6 Å². The molecule has 1 aromatic carbocycles. The minimum absolute atomic E-state index is 0.0437. The molecule has 1 N–H and O–H groups in total. The highest BCUT2D eigenvalue weighted by atomic mass is 35.5. The predicted molar refractivity (Wildman–Crippen MR) is 92.4 cm³/mol. The van der Waals surface area contributed by atoms with Crippen LogP contribution in [0, 0.1) is 6.92 Å². The first kappa shape index (κ1) is 17.9. The summed E-state index contributed by atoms with van der Waals surface area (Å²) in [4.78, 5) is 12.2. The number of benzene rings is 1. The second kappa shape index (κ2) is 7.17. The summed E-state index contributed by atoms with van der Waals surface area (Å²) in [5.41, 5.74) is 0.717. The van der Waals surface area contributed by atoms with E-state index in [2.05, 4.69) is 5.32 Å². The van der Waals surface area contributed by atoms with Crippen molar-refractivity contribution in [2.24, 2.45) is 0 Å². The molecule has 0 bridgehead atoms. The summed E-state index contributed by atoms with van der Waals surface area (Å²) in [5.74, 6) is 0.0934. The second-order valence-corrected chi connectivity index (χ2v) is 7.82. The third-order valence-corrected chi connectivity index (χ3v) is 6.26. The number of hydrogen-bond acceptors (Lipinski definition) is 5. The molecule has 25 heavy (non-hydrogen) atoms. The largest absolute Gasteiger partial charge is 0.469 e. The van der Waals surface area contributed by atoms with E-state index in [0.717, 1.165) is 0 Å². The minimum Gasteiger partial charge on any atom is -0.469 e. The number of hydrogen-bond donors (Lipinski definition) is 1. The zero-order valence-corrected chi connectivity index (χ0v) is 15.1. The number of morpholine rings is 1. The lowest BCUT2D eigenvalue weighted by atomic mass is 10.2. The number of carbonyl (C=O) groups is 1. The first-order valence-electron chi connectivity index (χ1n) is 7.62. The third kappa shape index (κ3) is 3.72. The highest BCUT2D eigenvalue weighted by Gasteiger charge is 2.28. The average Bonchev–Trinajstić information content (AvgIpc) is 3.03. The van der Waals surface area contributed by atoms with Gasteiger partial charge >= 0.3 is 0 Å². The molecule has 1 fully saturated rings. The van der Waals surface area contributed by atoms with Gasteiger partial charge in [-0.15, -0.1) is 0 Å². The predicted octanol–water partition coefficient (Wildman–Crippen LogP) is 2.51. The number of furan rings is 1. The Balaban J connectivity index is 1.88. The normalized spacial score (nSPS) is 15.9. The molecule has 0 radical (unpaired) electrons. The fourth-order valence-corrected chi connectivity index (χ4v) is 4.43. The SMILES string of the molecule is Cc1occc1C(=O)Nc1ccc(Cl)c(S(=O)(=O)N2CCOCC2)c1. The Morgan fingerprint density at radius 2 is 1.96 bits per heavy atom. The number of aryl methyl sites for hydroxylation is 1. The summed E-state index contributed by atoms with van der Waals surface area (Å²) < 4.78 is 37.2. The maximum atomic E-state index is 12.8. The molecule has 0 aliphatic carbocycles. The van der Waals surface area contributed by atoms with Crippen molar-refractivity contribution < 1.29 is 22.4 Å². The van der Waals surface area contributed by atoms with Crippen LogP contribution in [0.5, 0.6) is 0 Å². The molecule has 1 aliphatic rings. The van der Waals surface area contributed by atoms with Crippen LogP contribution in [0.4, 0.5) is 5.69 Å². The Morgan fingerprint density at radius 1 is 1.24 bits per heavy atom. The molecule has 7 nitrogen and oxygen atoms in total. The summed E-state index contributed by atoms with van der Waals surface area (Å²) in [7, 11) is -3.76. The summed E-state index contributed by atoms with van der Waals surface area (Å²) in [6.07, 6.45) is 1.42. The van der Waals surface area contributed by atoms with Crippen LogP contribution in [0.15, 0.2) is 39.8 Å². The van der Waals surface area contributed by atoms with Crippen molar-refractivity contribution in [1.82, 2.24) is 4.31 Å². The number of nitrogens with one attached hydrogen (secondary N) is 1. The van der Waals surface area contributed by atoms with E-state index in [0.29, 0.717) is 30.2 Å². The highest BCUT2D eigenvalue weighted by Crippen LogP contribution is 2.28. The van der Waals surface area contributed by atoms with Crippen LogP contribution in [0.1, 0.15) is 16.1 Å². The first-order valence-corrected chi connectivity index (χ1v) is 9.44. The van der Waals surface area contributed by atoms with Crippen molar-refractivity contribution in [3.63, 3.8) is 0 Å². The quantitative estimate of drug-likeness (QED) is 0.874. The molecular formula is C16H17ClN2O5S. The number of sulfonamides is 1. The first-order chi connectivity index (χ1) is 11.9. The average molecular weight is 385 g/mol. The van der Waals surface area contributed by atoms with Crippen LogP contribution in [0.2, 0.25) is 5.02 Å². The number of halogens is 1. The number of anilines is 1. The van der Waals surface area contributed by atoms with Gasteiger partial charge in [0.1, 0.15) is 10.7 Å². The standard InChI is InChI=1S/C16H17ClN2O5S/c1-11-13(4-7-24-11)16(20)18-12-2-3-14(17)15(10-12)25(21,22)19-5-8-23-9-6-19/h2-4,7,10H,5-6,8-9H2,1H3,(H,18,20). The zero-order valence-electron chi connectivity index (χ0n) is 13.5. The monoisotopic (exact) mass is 384 g/mol. The fraction of sp³-hybridized carbons (Fsp3) is 0.312. The van der Waals surface area contributed by atoms with Gasteiger partial charge in [0.15, 0.2) is 0 Å². The molecule has 1 aromatic heterocycles. The molecule has 1 saturated heterocycles. The highest BCUT2D eigenvalue weighted by molar-refractivity contribution is 7.89. The number of amides is 1. The van der Waals surface area contributed by atoms with Gasteiger partial charge in [0, 0.05) is 18.8 Å². The lowest BCUT2D eigenvalue weighted by molar-refractivity contribution is 0.0730. The third-order valence-electron chi connectivity index (χ3n) is 3.88. The molecule has 2 aromatic rings. The molecule has 0 saturated carbocycles. The summed E-state index contributed by atoms with van der Waals surface area (Å²) in [6, 6.07) is 5.91. The Hall–Kier alpha value is -1.87. The smallest absolute Gasteiger partial charge is 0.259 e. The van der Waals surface area contributed by atoms with Gasteiger partial charge in [0.25, 0.3) is 5.91 Å². The second-order valence-electron chi connectivity index (χ2n) is 5.51. The van der Waals surface area contributed by atoms with Gasteiger partial charge in [-0.05, 0) is 31.2 Å². The Morgan fingerprint density at radius 3 is 2.60 bits per heavy atom. The molecule has 1 aliphatic heterocycles. The van der Waals surface area contributed by atoms with E-state index < -0.39 is 10.0 Å². The minimum atomic E-state index is -3.76. The summed E-state index contributed by atoms with van der Waals surface area (Å²) >= 11 is 6.10. The van der Waals surface area contributed by atoms with Gasteiger partial charge in [-0.3, -0.25) is 4.79 Å². The van der Waals surface area contributed by atoms with Gasteiger partial charge in [0.05, 0.1) is 30.1 Å². The lowest BCUT2D eigenvalue weighted by Gasteiger charge is -2.26. The van der Waals surface area contributed by atoms with Crippen molar-refractivity contribution in [3.8, 4) is 0 Å². The van der Waals surface area contributed by atoms with Gasteiger partial charge in [-0.25, -0.2) is 8.42 Å². The molecule has 134 valence electrons. The van der Waals surface area contributed by atoms with Gasteiger partial charge in [-0.2, -0.15) is 4.31 Å². The van der Waals surface area contributed by atoms with Gasteiger partial charge in [0.2, 0.25) is 10.0 Å². The summed E-state index contributed by atoms with van der Waals surface area (Å²) in [6.45, 7) is 2.89. The lowest BCUT2D eigenvalue weighted by Crippen LogP contribution is -2.40. The molecule has 0 unspecified atom stereocenters. The Bertz CT molecular complexity index is 888. The van der Waals surface area contributed by atoms with Crippen LogP contribution < -0.4 is 5.32 Å². The molecule has 3 rings (SSSR count). The number of nitrogens with zero attached hydrogens (tertiary/aromatic N) is 1. The van der Waals surface area contributed by atoms with Crippen molar-refractivity contribution in [1.29, 1.82) is 0 Å². The van der Waals surface area contributed by atoms with Crippen molar-refractivity contribution in [2.45, 2.75) is 11.8 Å². The van der Waals surface area contributed by atoms with E-state index in [1.165, 1.54) is 22.7 Å². The van der Waals surface area contributed by atoms with E-state index in [1.807, 2.05) is 0 Å². The number of rotatable bonds is 4. The van der Waals surface area contributed by atoms with E-state index in [1.54, 1.807) is 19.1 Å². The number of carbonyl (C=O) groups excluding carboxylic acids is 1. The van der Waals surface area contributed by atoms with E-state index >= 15 is 0 Å². The summed E-state index contributed by atoms with van der Waals surface area (Å²) in [5, 5.41) is 2.76. The molecule has 1 amide bonds. The number of ether oxygens (including phenoxy) is 1. The van der Waals surface area contributed by atoms with Crippen LogP contribution in [-0.2, 0) is 14.8 Å². The van der Waals surface area contributed by atoms with E-state index in [-0.39, 0.29) is 28.9 Å².